The number of nitrogens with one attached hydrogen (secondary N) is 2. The van der Waals surface area contributed by atoms with Gasteiger partial charge >= 0.3 is 0 Å². The standard InChI is InChI=1S/C15H22N2O/c1-11-3-5-12(6-4-11)15(13-7-8-13)17-14(18)9-10-16-2/h3-6,13,15-16H,7-10H2,1-2H3,(H,17,18). The Morgan fingerprint density at radius 3 is 2.56 bits per heavy atom. The topological polar surface area (TPSA) is 41.1 Å². The number of amides is 1. The van der Waals surface area contributed by atoms with E-state index < -0.39 is 0 Å². The van der Waals surface area contributed by atoms with E-state index in [1.165, 1.54) is 24.0 Å². The Hall–Kier alpha value is -1.35. The van der Waals surface area contributed by atoms with Crippen molar-refractivity contribution < 1.29 is 4.79 Å². The van der Waals surface area contributed by atoms with Gasteiger partial charge in [-0.3, -0.25) is 4.79 Å². The molecule has 1 amide bonds. The predicted octanol–water partition coefficient (Wildman–Crippen LogP) is 2.17. The fraction of sp³-hybridized carbons (Fsp3) is 0.533. The lowest BCUT2D eigenvalue weighted by atomic mass is 10.0. The number of benzene rings is 1. The summed E-state index contributed by atoms with van der Waals surface area (Å²) < 4.78 is 0. The lowest BCUT2D eigenvalue weighted by Crippen LogP contribution is -2.31. The molecule has 0 saturated heterocycles. The van der Waals surface area contributed by atoms with Crippen molar-refractivity contribution in [3.63, 3.8) is 0 Å². The molecule has 2 rings (SSSR count). The lowest BCUT2D eigenvalue weighted by Gasteiger charge is -2.19. The summed E-state index contributed by atoms with van der Waals surface area (Å²) >= 11 is 0. The van der Waals surface area contributed by atoms with Gasteiger partial charge in [-0.05, 0) is 38.3 Å². The molecule has 1 aromatic carbocycles. The van der Waals surface area contributed by atoms with Crippen LogP contribution in [0.1, 0.15) is 36.4 Å². The van der Waals surface area contributed by atoms with Crippen molar-refractivity contribution in [1.82, 2.24) is 10.6 Å². The molecule has 3 heteroatoms. The van der Waals surface area contributed by atoms with E-state index in [-0.39, 0.29) is 11.9 Å². The maximum absolute atomic E-state index is 11.8. The highest BCUT2D eigenvalue weighted by Gasteiger charge is 2.33. The van der Waals surface area contributed by atoms with Gasteiger partial charge in [0.2, 0.25) is 5.91 Å². The van der Waals surface area contributed by atoms with Crippen molar-refractivity contribution in [2.75, 3.05) is 13.6 Å². The highest BCUT2D eigenvalue weighted by atomic mass is 16.1. The first-order valence-corrected chi connectivity index (χ1v) is 6.71. The van der Waals surface area contributed by atoms with Crippen LogP contribution in [0.5, 0.6) is 0 Å². The van der Waals surface area contributed by atoms with Crippen LogP contribution in [-0.2, 0) is 4.79 Å². The minimum Gasteiger partial charge on any atom is -0.349 e. The fourth-order valence-electron chi connectivity index (χ4n) is 2.16. The first-order valence-electron chi connectivity index (χ1n) is 6.71. The molecule has 18 heavy (non-hydrogen) atoms. The summed E-state index contributed by atoms with van der Waals surface area (Å²) in [6.45, 7) is 2.82. The van der Waals surface area contributed by atoms with E-state index in [0.29, 0.717) is 12.3 Å². The molecule has 0 aromatic heterocycles. The molecule has 1 saturated carbocycles. The summed E-state index contributed by atoms with van der Waals surface area (Å²) in [5.41, 5.74) is 2.50. The zero-order valence-electron chi connectivity index (χ0n) is 11.2. The zero-order chi connectivity index (χ0) is 13.0. The number of carbonyl (C=O) groups is 1. The Balaban J connectivity index is 2.00. The minimum absolute atomic E-state index is 0.141. The summed E-state index contributed by atoms with van der Waals surface area (Å²) in [7, 11) is 1.87. The Morgan fingerprint density at radius 2 is 2.00 bits per heavy atom. The molecule has 1 aliphatic rings. The third-order valence-corrected chi connectivity index (χ3v) is 3.45. The van der Waals surface area contributed by atoms with Crippen molar-refractivity contribution in [3.05, 3.63) is 35.4 Å². The minimum atomic E-state index is 0.141. The van der Waals surface area contributed by atoms with Crippen molar-refractivity contribution >= 4 is 5.91 Å². The van der Waals surface area contributed by atoms with E-state index in [0.717, 1.165) is 6.54 Å². The molecule has 0 spiro atoms. The molecule has 1 unspecified atom stereocenters. The summed E-state index contributed by atoms with van der Waals surface area (Å²) in [4.78, 5) is 11.8. The van der Waals surface area contributed by atoms with Gasteiger partial charge in [-0.1, -0.05) is 29.8 Å². The SMILES string of the molecule is CNCCC(=O)NC(c1ccc(C)cc1)C1CC1. The third-order valence-electron chi connectivity index (χ3n) is 3.45. The number of carbonyl (C=O) groups excluding carboxylic acids is 1. The van der Waals surface area contributed by atoms with Crippen molar-refractivity contribution in [1.29, 1.82) is 0 Å². The average molecular weight is 246 g/mol. The second kappa shape index (κ2) is 6.01. The molecular weight excluding hydrogens is 224 g/mol. The van der Waals surface area contributed by atoms with E-state index in [4.69, 9.17) is 0 Å². The Bertz CT molecular complexity index is 395. The molecule has 3 nitrogen and oxygen atoms in total. The van der Waals surface area contributed by atoms with Gasteiger partial charge in [0.15, 0.2) is 0 Å². The summed E-state index contributed by atoms with van der Waals surface area (Å²) in [5, 5.41) is 6.17. The molecule has 0 heterocycles. The Kier molecular flexibility index (Phi) is 4.37. The van der Waals surface area contributed by atoms with Crippen LogP contribution in [-0.4, -0.2) is 19.5 Å². The summed E-state index contributed by atoms with van der Waals surface area (Å²) in [6.07, 6.45) is 3.00. The molecule has 1 aliphatic carbocycles. The molecule has 0 bridgehead atoms. The van der Waals surface area contributed by atoms with Crippen LogP contribution in [0, 0.1) is 12.8 Å². The molecule has 2 N–H and O–H groups in total. The molecular formula is C15H22N2O. The lowest BCUT2D eigenvalue weighted by molar-refractivity contribution is -0.121. The second-order valence-corrected chi connectivity index (χ2v) is 5.15. The summed E-state index contributed by atoms with van der Waals surface area (Å²) in [5.74, 6) is 0.771. The van der Waals surface area contributed by atoms with Gasteiger partial charge in [0.1, 0.15) is 0 Å². The number of rotatable bonds is 6. The highest BCUT2D eigenvalue weighted by Crippen LogP contribution is 2.41. The summed E-state index contributed by atoms with van der Waals surface area (Å²) in [6, 6.07) is 8.71. The zero-order valence-corrected chi connectivity index (χ0v) is 11.2. The van der Waals surface area contributed by atoms with Gasteiger partial charge < -0.3 is 10.6 Å². The van der Waals surface area contributed by atoms with Crippen LogP contribution < -0.4 is 10.6 Å². The van der Waals surface area contributed by atoms with Crippen LogP contribution in [0.4, 0.5) is 0 Å². The smallest absolute Gasteiger partial charge is 0.221 e. The molecule has 1 fully saturated rings. The van der Waals surface area contributed by atoms with Gasteiger partial charge in [-0.25, -0.2) is 0 Å². The fourth-order valence-corrected chi connectivity index (χ4v) is 2.16. The van der Waals surface area contributed by atoms with E-state index >= 15 is 0 Å². The van der Waals surface area contributed by atoms with Crippen molar-refractivity contribution in [3.8, 4) is 0 Å². The molecule has 1 aromatic rings. The van der Waals surface area contributed by atoms with E-state index in [1.807, 2.05) is 7.05 Å². The molecule has 0 radical (unpaired) electrons. The highest BCUT2D eigenvalue weighted by molar-refractivity contribution is 5.76. The molecule has 1 atom stereocenters. The number of aryl methyl sites for hydroxylation is 1. The van der Waals surface area contributed by atoms with Crippen molar-refractivity contribution in [2.24, 2.45) is 5.92 Å². The Labute approximate surface area is 109 Å². The molecule has 0 aliphatic heterocycles. The first kappa shape index (κ1) is 13.1. The predicted molar refractivity (Wildman–Crippen MR) is 73.3 cm³/mol. The second-order valence-electron chi connectivity index (χ2n) is 5.15. The van der Waals surface area contributed by atoms with Crippen LogP contribution in [0.25, 0.3) is 0 Å². The van der Waals surface area contributed by atoms with E-state index in [1.54, 1.807) is 0 Å². The van der Waals surface area contributed by atoms with Crippen LogP contribution >= 0.6 is 0 Å². The first-order chi connectivity index (χ1) is 8.70. The largest absolute Gasteiger partial charge is 0.349 e. The number of hydrogen-bond donors (Lipinski definition) is 2. The quantitative estimate of drug-likeness (QED) is 0.807. The van der Waals surface area contributed by atoms with Gasteiger partial charge in [0.05, 0.1) is 6.04 Å². The number of hydrogen-bond acceptors (Lipinski definition) is 2. The van der Waals surface area contributed by atoms with Gasteiger partial charge in [-0.2, -0.15) is 0 Å². The maximum atomic E-state index is 11.8. The monoisotopic (exact) mass is 246 g/mol. The normalized spacial score (nSPS) is 16.3. The van der Waals surface area contributed by atoms with E-state index in [2.05, 4.69) is 41.8 Å². The third kappa shape index (κ3) is 3.57. The Morgan fingerprint density at radius 1 is 1.33 bits per heavy atom. The van der Waals surface area contributed by atoms with Gasteiger partial charge in [-0.15, -0.1) is 0 Å². The van der Waals surface area contributed by atoms with Crippen LogP contribution in [0.2, 0.25) is 0 Å². The average Bonchev–Trinajstić information content (AvgIpc) is 3.19. The van der Waals surface area contributed by atoms with E-state index in [9.17, 15) is 4.79 Å². The van der Waals surface area contributed by atoms with Gasteiger partial charge in [0, 0.05) is 13.0 Å². The molecule has 98 valence electrons. The van der Waals surface area contributed by atoms with Gasteiger partial charge in [0.25, 0.3) is 0 Å². The van der Waals surface area contributed by atoms with Crippen molar-refractivity contribution in [2.45, 2.75) is 32.2 Å². The maximum Gasteiger partial charge on any atom is 0.221 e. The van der Waals surface area contributed by atoms with Crippen LogP contribution in [0.15, 0.2) is 24.3 Å². The van der Waals surface area contributed by atoms with Crippen LogP contribution in [0.3, 0.4) is 0 Å².